The maximum absolute atomic E-state index is 11.8. The molecule has 2 heterocycles. The lowest BCUT2D eigenvalue weighted by atomic mass is 9.88. The van der Waals surface area contributed by atoms with Crippen LogP contribution in [0.3, 0.4) is 0 Å². The normalized spacial score (nSPS) is 24.8. The van der Waals surface area contributed by atoms with Gasteiger partial charge in [-0.1, -0.05) is 0 Å². The Morgan fingerprint density at radius 1 is 1.59 bits per heavy atom. The topological polar surface area (TPSA) is 71.6 Å². The van der Waals surface area contributed by atoms with Crippen LogP contribution in [0.15, 0.2) is 27.9 Å². The molecular formula is C11H13BrN4O. The number of halogens is 1. The molecule has 17 heavy (non-hydrogen) atoms. The van der Waals surface area contributed by atoms with Crippen molar-refractivity contribution in [2.45, 2.75) is 18.9 Å². The quantitative estimate of drug-likeness (QED) is 0.793. The Hall–Kier alpha value is -1.43. The number of aliphatic imine (C=N–C) groups is 1. The van der Waals surface area contributed by atoms with Crippen molar-refractivity contribution in [3.8, 4) is 0 Å². The number of aromatic nitrogens is 1. The zero-order chi connectivity index (χ0) is 12.6. The number of carbonyl (C=O) groups is 1. The highest BCUT2D eigenvalue weighted by Crippen LogP contribution is 2.33. The van der Waals surface area contributed by atoms with Gasteiger partial charge in [-0.3, -0.25) is 9.69 Å². The van der Waals surface area contributed by atoms with E-state index < -0.39 is 5.54 Å². The summed E-state index contributed by atoms with van der Waals surface area (Å²) >= 11 is 3.31. The molecule has 6 heteroatoms. The summed E-state index contributed by atoms with van der Waals surface area (Å²) in [6.45, 7) is 1.90. The van der Waals surface area contributed by atoms with E-state index in [9.17, 15) is 4.79 Å². The summed E-state index contributed by atoms with van der Waals surface area (Å²) in [5.41, 5.74) is 6.06. The molecule has 1 atom stereocenters. The summed E-state index contributed by atoms with van der Waals surface area (Å²) in [7, 11) is 1.63. The predicted octanol–water partition coefficient (Wildman–Crippen LogP) is 1.24. The van der Waals surface area contributed by atoms with Crippen LogP contribution in [0.4, 0.5) is 0 Å². The van der Waals surface area contributed by atoms with E-state index in [0.29, 0.717) is 6.42 Å². The second-order valence-electron chi connectivity index (χ2n) is 4.24. The lowest BCUT2D eigenvalue weighted by Crippen LogP contribution is -2.47. The molecule has 1 aromatic heterocycles. The minimum atomic E-state index is -0.612. The van der Waals surface area contributed by atoms with Crippen LogP contribution in [-0.4, -0.2) is 28.8 Å². The van der Waals surface area contributed by atoms with Gasteiger partial charge in [0, 0.05) is 13.2 Å². The van der Waals surface area contributed by atoms with Crippen molar-refractivity contribution in [3.05, 3.63) is 28.5 Å². The van der Waals surface area contributed by atoms with E-state index in [1.807, 2.05) is 19.1 Å². The maximum atomic E-state index is 11.8. The molecule has 0 radical (unpaired) electrons. The molecule has 1 aliphatic rings. The van der Waals surface area contributed by atoms with Crippen LogP contribution < -0.4 is 5.73 Å². The summed E-state index contributed by atoms with van der Waals surface area (Å²) in [6, 6.07) is 3.70. The third kappa shape index (κ3) is 2.17. The molecule has 0 spiro atoms. The molecule has 0 saturated carbocycles. The predicted molar refractivity (Wildman–Crippen MR) is 68.3 cm³/mol. The molecule has 90 valence electrons. The molecule has 0 saturated heterocycles. The maximum Gasteiger partial charge on any atom is 0.231 e. The average Bonchev–Trinajstić information content (AvgIpc) is 2.26. The van der Waals surface area contributed by atoms with Gasteiger partial charge in [-0.2, -0.15) is 0 Å². The zero-order valence-electron chi connectivity index (χ0n) is 9.64. The van der Waals surface area contributed by atoms with Crippen LogP contribution in [0, 0.1) is 0 Å². The largest absolute Gasteiger partial charge is 0.369 e. The molecule has 5 nitrogen and oxygen atoms in total. The van der Waals surface area contributed by atoms with Gasteiger partial charge in [-0.05, 0) is 40.5 Å². The molecule has 2 rings (SSSR count). The third-order valence-electron chi connectivity index (χ3n) is 2.92. The SMILES string of the molecule is CN1C(=O)C[C@@](C)(c2ccnc(Br)c2)N=C1N. The number of pyridine rings is 1. The Morgan fingerprint density at radius 2 is 2.29 bits per heavy atom. The minimum absolute atomic E-state index is 0.0343. The first kappa shape index (κ1) is 12.0. The molecule has 0 aliphatic carbocycles. The standard InChI is InChI=1S/C11H13BrN4O/c1-11(7-3-4-14-8(12)5-7)6-9(17)16(2)10(13)15-11/h3-5H,6H2,1-2H3,(H2,13,15)/t11-/m0/s1. The fourth-order valence-corrected chi connectivity index (χ4v) is 2.18. The fraction of sp³-hybridized carbons (Fsp3) is 0.364. The van der Waals surface area contributed by atoms with Crippen molar-refractivity contribution in [2.24, 2.45) is 10.7 Å². The van der Waals surface area contributed by atoms with Crippen molar-refractivity contribution in [1.29, 1.82) is 0 Å². The number of rotatable bonds is 1. The molecule has 0 aromatic carbocycles. The number of hydrogen-bond donors (Lipinski definition) is 1. The molecule has 0 bridgehead atoms. The monoisotopic (exact) mass is 296 g/mol. The highest BCUT2D eigenvalue weighted by molar-refractivity contribution is 9.10. The van der Waals surface area contributed by atoms with Gasteiger partial charge in [0.05, 0.1) is 12.0 Å². The highest BCUT2D eigenvalue weighted by Gasteiger charge is 2.36. The van der Waals surface area contributed by atoms with E-state index in [0.717, 1.165) is 10.2 Å². The first-order valence-corrected chi connectivity index (χ1v) is 5.95. The van der Waals surface area contributed by atoms with E-state index in [4.69, 9.17) is 5.73 Å². The van der Waals surface area contributed by atoms with Gasteiger partial charge in [0.15, 0.2) is 5.96 Å². The third-order valence-corrected chi connectivity index (χ3v) is 3.36. The Morgan fingerprint density at radius 3 is 2.88 bits per heavy atom. The number of nitrogens with zero attached hydrogens (tertiary/aromatic N) is 3. The minimum Gasteiger partial charge on any atom is -0.369 e. The summed E-state index contributed by atoms with van der Waals surface area (Å²) in [6.07, 6.45) is 1.99. The lowest BCUT2D eigenvalue weighted by molar-refractivity contribution is -0.128. The van der Waals surface area contributed by atoms with Gasteiger partial charge in [-0.25, -0.2) is 9.98 Å². The number of carbonyl (C=O) groups excluding carboxylic acids is 1. The molecule has 2 N–H and O–H groups in total. The Bertz CT molecular complexity index is 502. The number of amides is 1. The molecule has 1 aromatic rings. The van der Waals surface area contributed by atoms with Gasteiger partial charge in [0.1, 0.15) is 4.60 Å². The van der Waals surface area contributed by atoms with E-state index in [2.05, 4.69) is 25.9 Å². The van der Waals surface area contributed by atoms with Crippen molar-refractivity contribution in [2.75, 3.05) is 7.05 Å². The summed E-state index contributed by atoms with van der Waals surface area (Å²) in [5, 5.41) is 0. The number of guanidine groups is 1. The molecule has 0 unspecified atom stereocenters. The van der Waals surface area contributed by atoms with Gasteiger partial charge >= 0.3 is 0 Å². The van der Waals surface area contributed by atoms with Crippen LogP contribution >= 0.6 is 15.9 Å². The van der Waals surface area contributed by atoms with Crippen LogP contribution in [0.1, 0.15) is 18.9 Å². The van der Waals surface area contributed by atoms with Gasteiger partial charge in [-0.15, -0.1) is 0 Å². The van der Waals surface area contributed by atoms with Crippen LogP contribution in [0.5, 0.6) is 0 Å². The average molecular weight is 297 g/mol. The van der Waals surface area contributed by atoms with Crippen LogP contribution in [0.2, 0.25) is 0 Å². The Kier molecular flexibility index (Phi) is 2.91. The molecule has 1 aliphatic heterocycles. The molecule has 1 amide bonds. The van der Waals surface area contributed by atoms with E-state index >= 15 is 0 Å². The number of hydrogen-bond acceptors (Lipinski definition) is 4. The Balaban J connectivity index is 2.47. The summed E-state index contributed by atoms with van der Waals surface area (Å²) in [5.74, 6) is 0.213. The second kappa shape index (κ2) is 4.10. The summed E-state index contributed by atoms with van der Waals surface area (Å²) < 4.78 is 0.719. The van der Waals surface area contributed by atoms with E-state index in [1.165, 1.54) is 4.90 Å². The zero-order valence-corrected chi connectivity index (χ0v) is 11.2. The van der Waals surface area contributed by atoms with Crippen molar-refractivity contribution in [3.63, 3.8) is 0 Å². The van der Waals surface area contributed by atoms with Crippen molar-refractivity contribution < 1.29 is 4.79 Å². The van der Waals surface area contributed by atoms with Gasteiger partial charge in [0.2, 0.25) is 5.91 Å². The Labute approximate surface area is 108 Å². The van der Waals surface area contributed by atoms with Crippen molar-refractivity contribution >= 4 is 27.8 Å². The van der Waals surface area contributed by atoms with Crippen LogP contribution in [0.25, 0.3) is 0 Å². The smallest absolute Gasteiger partial charge is 0.231 e. The number of nitrogens with two attached hydrogens (primary N) is 1. The van der Waals surface area contributed by atoms with Crippen LogP contribution in [-0.2, 0) is 10.3 Å². The van der Waals surface area contributed by atoms with Gasteiger partial charge in [0.25, 0.3) is 0 Å². The summed E-state index contributed by atoms with van der Waals surface area (Å²) in [4.78, 5) is 21.7. The fourth-order valence-electron chi connectivity index (χ4n) is 1.81. The second-order valence-corrected chi connectivity index (χ2v) is 5.05. The molecule has 0 fully saturated rings. The first-order chi connectivity index (χ1) is 7.92. The van der Waals surface area contributed by atoms with Gasteiger partial charge < -0.3 is 5.73 Å². The van der Waals surface area contributed by atoms with Crippen molar-refractivity contribution in [1.82, 2.24) is 9.88 Å². The lowest BCUT2D eigenvalue weighted by Gasteiger charge is -2.33. The van der Waals surface area contributed by atoms with E-state index in [-0.39, 0.29) is 11.9 Å². The highest BCUT2D eigenvalue weighted by atomic mass is 79.9. The van der Waals surface area contributed by atoms with E-state index in [1.54, 1.807) is 13.2 Å². The molecular weight excluding hydrogens is 284 g/mol. The first-order valence-electron chi connectivity index (χ1n) is 5.16.